The summed E-state index contributed by atoms with van der Waals surface area (Å²) in [5.41, 5.74) is 5.34. The van der Waals surface area contributed by atoms with Crippen molar-refractivity contribution in [3.05, 3.63) is 108 Å². The molecule has 0 aliphatic carbocycles. The largest absolute Gasteiger partial charge is 0.345 e. The number of aromatic nitrogens is 1. The second-order valence-electron chi connectivity index (χ2n) is 7.21. The summed E-state index contributed by atoms with van der Waals surface area (Å²) in [7, 11) is 0. The Hall–Kier alpha value is -3.11. The van der Waals surface area contributed by atoms with Crippen LogP contribution in [0.25, 0.3) is 16.5 Å². The summed E-state index contributed by atoms with van der Waals surface area (Å²) >= 11 is 1.68. The summed E-state index contributed by atoms with van der Waals surface area (Å²) < 4.78 is 0. The van der Waals surface area contributed by atoms with Crippen LogP contribution in [0.4, 0.5) is 0 Å². The maximum Gasteiger partial charge on any atom is 0.252 e. The monoisotopic (exact) mass is 458 g/mol. The molecular weight excluding hydrogens is 424 g/mol. The zero-order chi connectivity index (χ0) is 24.2. The average molecular weight is 459 g/mol. The number of fused-ring (bicyclic) bond motifs is 1. The molecule has 4 heteroatoms. The molecule has 1 amide bonds. The van der Waals surface area contributed by atoms with Crippen LogP contribution in [-0.4, -0.2) is 17.1 Å². The number of allylic oxidation sites excluding steroid dienone is 5. The van der Waals surface area contributed by atoms with Gasteiger partial charge in [-0.05, 0) is 37.3 Å². The summed E-state index contributed by atoms with van der Waals surface area (Å²) in [5.74, 6) is 0.609. The Balaban J connectivity index is 0.00000187. The fraction of sp³-hybridized carbons (Fsp3) is 0.241. The number of amides is 1. The fourth-order valence-electron chi connectivity index (χ4n) is 3.61. The van der Waals surface area contributed by atoms with Crippen LogP contribution in [0.1, 0.15) is 60.9 Å². The van der Waals surface area contributed by atoms with Crippen LogP contribution in [0.5, 0.6) is 0 Å². The van der Waals surface area contributed by atoms with Gasteiger partial charge in [-0.25, -0.2) is 4.98 Å². The van der Waals surface area contributed by atoms with Gasteiger partial charge in [-0.1, -0.05) is 93.3 Å². The van der Waals surface area contributed by atoms with Crippen molar-refractivity contribution in [2.24, 2.45) is 0 Å². The van der Waals surface area contributed by atoms with Gasteiger partial charge in [-0.2, -0.15) is 11.8 Å². The van der Waals surface area contributed by atoms with E-state index in [-0.39, 0.29) is 11.9 Å². The molecule has 0 bridgehead atoms. The topological polar surface area (TPSA) is 42.0 Å². The highest BCUT2D eigenvalue weighted by Crippen LogP contribution is 2.31. The molecule has 1 atom stereocenters. The van der Waals surface area contributed by atoms with Crippen LogP contribution in [0, 0.1) is 0 Å². The van der Waals surface area contributed by atoms with Gasteiger partial charge < -0.3 is 5.32 Å². The quantitative estimate of drug-likeness (QED) is 0.351. The van der Waals surface area contributed by atoms with Crippen LogP contribution in [0.2, 0.25) is 0 Å². The number of rotatable bonds is 8. The van der Waals surface area contributed by atoms with E-state index < -0.39 is 0 Å². The van der Waals surface area contributed by atoms with Gasteiger partial charge in [0.2, 0.25) is 0 Å². The molecule has 0 spiro atoms. The van der Waals surface area contributed by atoms with E-state index in [9.17, 15) is 4.79 Å². The number of hydrogen-bond acceptors (Lipinski definition) is 3. The lowest BCUT2D eigenvalue weighted by Crippen LogP contribution is -2.28. The molecule has 0 saturated carbocycles. The van der Waals surface area contributed by atoms with Crippen molar-refractivity contribution in [3.8, 4) is 0 Å². The smallest absolute Gasteiger partial charge is 0.252 e. The number of hydrogen-bond donors (Lipinski definition) is 1. The van der Waals surface area contributed by atoms with Crippen LogP contribution in [0.3, 0.4) is 0 Å². The molecule has 0 aliphatic heterocycles. The third-order valence-corrected chi connectivity index (χ3v) is 5.73. The van der Waals surface area contributed by atoms with Crippen molar-refractivity contribution in [2.45, 2.75) is 39.5 Å². The van der Waals surface area contributed by atoms with Gasteiger partial charge in [0.15, 0.2) is 0 Å². The molecule has 1 unspecified atom stereocenters. The fourth-order valence-corrected chi connectivity index (χ4v) is 4.18. The molecule has 0 radical (unpaired) electrons. The first-order valence-electron chi connectivity index (χ1n) is 11.3. The number of nitrogens with zero attached hydrogens (tertiary/aromatic N) is 1. The highest BCUT2D eigenvalue weighted by molar-refractivity contribution is 7.97. The molecule has 172 valence electrons. The van der Waals surface area contributed by atoms with E-state index in [2.05, 4.69) is 11.9 Å². The van der Waals surface area contributed by atoms with Crippen molar-refractivity contribution in [1.29, 1.82) is 0 Å². The zero-order valence-corrected chi connectivity index (χ0v) is 21.1. The molecule has 33 heavy (non-hydrogen) atoms. The molecule has 3 nitrogen and oxygen atoms in total. The first-order chi connectivity index (χ1) is 16.1. The lowest BCUT2D eigenvalue weighted by molar-refractivity contribution is 0.0941. The molecule has 0 aliphatic rings. The van der Waals surface area contributed by atoms with Gasteiger partial charge in [0.25, 0.3) is 5.91 Å². The number of pyridine rings is 1. The van der Waals surface area contributed by atoms with E-state index in [1.807, 2.05) is 107 Å². The standard InChI is InChI=1S/C27H28N2OS.C2H6/c1-5-7-13-20(6-2)26-23(18-31-4)25(22-16-11-12-17-24(22)29-26)27(30)28-19(3)21-14-9-8-10-15-21;1-2/h5-17,19H,1,18H2,2-4H3,(H,28,30);1-2H3/b13-7-,20-6+;. The van der Waals surface area contributed by atoms with E-state index in [0.717, 1.165) is 33.3 Å². The number of carbonyl (C=O) groups excluding carboxylic acids is 1. The Morgan fingerprint density at radius 2 is 1.79 bits per heavy atom. The van der Waals surface area contributed by atoms with Crippen molar-refractivity contribution in [2.75, 3.05) is 6.26 Å². The van der Waals surface area contributed by atoms with E-state index in [1.165, 1.54) is 0 Å². The second-order valence-corrected chi connectivity index (χ2v) is 8.07. The van der Waals surface area contributed by atoms with E-state index in [4.69, 9.17) is 4.98 Å². The van der Waals surface area contributed by atoms with Gasteiger partial charge >= 0.3 is 0 Å². The SMILES string of the molecule is C=C/C=C\C(=C/C)c1nc2ccccc2c(C(=O)NC(C)c2ccccc2)c1CSC.CC. The number of benzene rings is 2. The Bertz CT molecular complexity index is 1130. The third-order valence-electron chi connectivity index (χ3n) is 5.15. The van der Waals surface area contributed by atoms with E-state index >= 15 is 0 Å². The summed E-state index contributed by atoms with van der Waals surface area (Å²) in [6.07, 6.45) is 9.69. The minimum atomic E-state index is -0.104. The molecule has 0 fully saturated rings. The predicted molar refractivity (Wildman–Crippen MR) is 146 cm³/mol. The highest BCUT2D eigenvalue weighted by atomic mass is 32.2. The molecule has 1 aromatic heterocycles. The molecule has 2 aromatic carbocycles. The van der Waals surface area contributed by atoms with Crippen molar-refractivity contribution in [1.82, 2.24) is 10.3 Å². The van der Waals surface area contributed by atoms with Crippen molar-refractivity contribution >= 4 is 34.1 Å². The van der Waals surface area contributed by atoms with E-state index in [0.29, 0.717) is 11.3 Å². The average Bonchev–Trinajstić information content (AvgIpc) is 2.86. The molecule has 3 rings (SSSR count). The van der Waals surface area contributed by atoms with Crippen molar-refractivity contribution in [3.63, 3.8) is 0 Å². The van der Waals surface area contributed by atoms with E-state index in [1.54, 1.807) is 17.8 Å². The summed E-state index contributed by atoms with van der Waals surface area (Å²) in [5, 5.41) is 4.07. The van der Waals surface area contributed by atoms with Crippen LogP contribution in [0.15, 0.2) is 85.5 Å². The van der Waals surface area contributed by atoms with Gasteiger partial charge in [0, 0.05) is 16.7 Å². The van der Waals surface area contributed by atoms with Gasteiger partial charge in [0.05, 0.1) is 22.8 Å². The van der Waals surface area contributed by atoms with Gasteiger partial charge in [-0.15, -0.1) is 0 Å². The third kappa shape index (κ3) is 6.45. The molecule has 1 heterocycles. The lowest BCUT2D eigenvalue weighted by atomic mass is 9.96. The first kappa shape index (κ1) is 26.1. The summed E-state index contributed by atoms with van der Waals surface area (Å²) in [4.78, 5) is 18.6. The van der Waals surface area contributed by atoms with Gasteiger partial charge in [-0.3, -0.25) is 4.79 Å². The minimum Gasteiger partial charge on any atom is -0.345 e. The maximum atomic E-state index is 13.6. The van der Waals surface area contributed by atoms with Crippen LogP contribution >= 0.6 is 11.8 Å². The molecule has 3 aromatic rings. The predicted octanol–water partition coefficient (Wildman–Crippen LogP) is 7.76. The van der Waals surface area contributed by atoms with Crippen LogP contribution < -0.4 is 5.32 Å². The number of thioether (sulfide) groups is 1. The van der Waals surface area contributed by atoms with Gasteiger partial charge in [0.1, 0.15) is 0 Å². The maximum absolute atomic E-state index is 13.6. The Morgan fingerprint density at radius 1 is 1.12 bits per heavy atom. The summed E-state index contributed by atoms with van der Waals surface area (Å²) in [6.45, 7) is 11.8. The zero-order valence-electron chi connectivity index (χ0n) is 20.3. The molecular formula is C29H34N2OS. The minimum absolute atomic E-state index is 0.0802. The number of para-hydroxylation sites is 1. The van der Waals surface area contributed by atoms with Crippen LogP contribution in [-0.2, 0) is 5.75 Å². The first-order valence-corrected chi connectivity index (χ1v) is 12.7. The Morgan fingerprint density at radius 3 is 2.42 bits per heavy atom. The molecule has 1 N–H and O–H groups in total. The lowest BCUT2D eigenvalue weighted by Gasteiger charge is -2.20. The Labute approximate surface area is 202 Å². The number of nitrogens with one attached hydrogen (secondary N) is 1. The number of carbonyl (C=O) groups is 1. The molecule has 0 saturated heterocycles. The van der Waals surface area contributed by atoms with Crippen molar-refractivity contribution < 1.29 is 4.79 Å². The Kier molecular flexibility index (Phi) is 10.6. The summed E-state index contributed by atoms with van der Waals surface area (Å²) in [6, 6.07) is 17.8. The second kappa shape index (κ2) is 13.4. The normalized spacial score (nSPS) is 12.2. The highest BCUT2D eigenvalue weighted by Gasteiger charge is 2.22.